The third-order valence-corrected chi connectivity index (χ3v) is 2.40. The van der Waals surface area contributed by atoms with Gasteiger partial charge in [-0.1, -0.05) is 0 Å². The van der Waals surface area contributed by atoms with Gasteiger partial charge in [0.1, 0.15) is 11.9 Å². The Morgan fingerprint density at radius 2 is 2.28 bits per heavy atom. The van der Waals surface area contributed by atoms with Gasteiger partial charge in [0, 0.05) is 25.5 Å². The summed E-state index contributed by atoms with van der Waals surface area (Å²) in [6, 6.07) is 5.18. The van der Waals surface area contributed by atoms with Crippen molar-refractivity contribution in [3.8, 4) is 0 Å². The van der Waals surface area contributed by atoms with Gasteiger partial charge in [-0.25, -0.2) is 0 Å². The van der Waals surface area contributed by atoms with E-state index in [0.717, 1.165) is 13.0 Å². The van der Waals surface area contributed by atoms with Crippen molar-refractivity contribution in [2.24, 2.45) is 0 Å². The molecule has 7 heteroatoms. The summed E-state index contributed by atoms with van der Waals surface area (Å²) in [6.07, 6.45) is 5.84. The van der Waals surface area contributed by atoms with Crippen LogP contribution in [0.4, 0.5) is 11.5 Å². The molecule has 94 valence electrons. The molecular weight excluding hydrogens is 234 g/mol. The number of aryl methyl sites for hydroxylation is 1. The zero-order valence-electron chi connectivity index (χ0n) is 9.69. The molecule has 18 heavy (non-hydrogen) atoms. The summed E-state index contributed by atoms with van der Waals surface area (Å²) in [5.74, 6) is -0.142. The van der Waals surface area contributed by atoms with Gasteiger partial charge in [0.25, 0.3) is 0 Å². The third-order valence-electron chi connectivity index (χ3n) is 2.40. The first-order valence-corrected chi connectivity index (χ1v) is 5.58. The maximum Gasteiger partial charge on any atom is 0.386 e. The topological polar surface area (TPSA) is 85.9 Å². The lowest BCUT2D eigenvalue weighted by Crippen LogP contribution is -2.08. The van der Waals surface area contributed by atoms with E-state index < -0.39 is 4.92 Å². The standard InChI is InChI=1S/C11H13N5O2/c17-16(18)11-10(4-1-5-13-11)12-6-2-8-15-9-3-7-14-15/h1,3-5,7,9,12H,2,6,8H2. The normalized spacial score (nSPS) is 10.2. The minimum absolute atomic E-state index is 0.142. The number of hydrogen-bond acceptors (Lipinski definition) is 5. The lowest BCUT2D eigenvalue weighted by Gasteiger charge is -2.06. The second-order valence-corrected chi connectivity index (χ2v) is 3.68. The summed E-state index contributed by atoms with van der Waals surface area (Å²) in [7, 11) is 0. The van der Waals surface area contributed by atoms with Crippen molar-refractivity contribution >= 4 is 11.5 Å². The van der Waals surface area contributed by atoms with Gasteiger partial charge in [0.2, 0.25) is 0 Å². The van der Waals surface area contributed by atoms with Crippen molar-refractivity contribution in [3.05, 3.63) is 46.9 Å². The van der Waals surface area contributed by atoms with E-state index in [9.17, 15) is 10.1 Å². The van der Waals surface area contributed by atoms with Gasteiger partial charge in [-0.3, -0.25) is 4.68 Å². The summed E-state index contributed by atoms with van der Waals surface area (Å²) < 4.78 is 1.82. The van der Waals surface area contributed by atoms with E-state index >= 15 is 0 Å². The van der Waals surface area contributed by atoms with E-state index in [1.807, 2.05) is 16.9 Å². The molecule has 0 bridgehead atoms. The van der Waals surface area contributed by atoms with Crippen LogP contribution in [0.3, 0.4) is 0 Å². The number of pyridine rings is 1. The maximum absolute atomic E-state index is 10.7. The predicted molar refractivity (Wildman–Crippen MR) is 66.2 cm³/mol. The van der Waals surface area contributed by atoms with E-state index in [-0.39, 0.29) is 5.82 Å². The Hall–Kier alpha value is -2.44. The van der Waals surface area contributed by atoms with Crippen molar-refractivity contribution in [1.82, 2.24) is 14.8 Å². The van der Waals surface area contributed by atoms with Crippen LogP contribution >= 0.6 is 0 Å². The highest BCUT2D eigenvalue weighted by atomic mass is 16.6. The van der Waals surface area contributed by atoms with Crippen molar-refractivity contribution in [1.29, 1.82) is 0 Å². The molecule has 0 atom stereocenters. The first-order valence-electron chi connectivity index (χ1n) is 5.58. The second kappa shape index (κ2) is 5.76. The molecule has 0 aliphatic carbocycles. The molecule has 0 radical (unpaired) electrons. The molecule has 0 saturated carbocycles. The Bertz CT molecular complexity index is 512. The molecule has 0 amide bonds. The first kappa shape index (κ1) is 12.0. The summed E-state index contributed by atoms with van der Waals surface area (Å²) in [5, 5.41) is 17.8. The Balaban J connectivity index is 1.85. The van der Waals surface area contributed by atoms with Crippen LogP contribution in [0.2, 0.25) is 0 Å². The molecule has 2 aromatic rings. The number of anilines is 1. The van der Waals surface area contributed by atoms with Crippen LogP contribution in [0, 0.1) is 10.1 Å². The highest BCUT2D eigenvalue weighted by Gasteiger charge is 2.12. The molecule has 0 unspecified atom stereocenters. The Kier molecular flexibility index (Phi) is 3.85. The number of nitro groups is 1. The average molecular weight is 247 g/mol. The molecule has 0 aromatic carbocycles. The third kappa shape index (κ3) is 3.03. The van der Waals surface area contributed by atoms with Gasteiger partial charge in [0.05, 0.1) is 0 Å². The van der Waals surface area contributed by atoms with Gasteiger partial charge in [-0.15, -0.1) is 0 Å². The summed E-state index contributed by atoms with van der Waals surface area (Å²) in [4.78, 5) is 14.0. The quantitative estimate of drug-likeness (QED) is 0.477. The molecule has 0 fully saturated rings. The van der Waals surface area contributed by atoms with Crippen molar-refractivity contribution in [2.45, 2.75) is 13.0 Å². The van der Waals surface area contributed by atoms with Crippen LogP contribution in [-0.4, -0.2) is 26.2 Å². The second-order valence-electron chi connectivity index (χ2n) is 3.68. The van der Waals surface area contributed by atoms with Crippen LogP contribution in [-0.2, 0) is 6.54 Å². The van der Waals surface area contributed by atoms with E-state index in [4.69, 9.17) is 0 Å². The molecule has 0 saturated heterocycles. The molecule has 0 spiro atoms. The van der Waals surface area contributed by atoms with Crippen molar-refractivity contribution < 1.29 is 4.92 Å². The van der Waals surface area contributed by atoms with Crippen LogP contribution in [0.25, 0.3) is 0 Å². The largest absolute Gasteiger partial charge is 0.386 e. The molecule has 1 N–H and O–H groups in total. The summed E-state index contributed by atoms with van der Waals surface area (Å²) >= 11 is 0. The fourth-order valence-corrected chi connectivity index (χ4v) is 1.58. The fourth-order valence-electron chi connectivity index (χ4n) is 1.58. The van der Waals surface area contributed by atoms with E-state index in [1.54, 1.807) is 18.3 Å². The SMILES string of the molecule is O=[N+]([O-])c1ncccc1NCCCn1cccn1. The highest BCUT2D eigenvalue weighted by Crippen LogP contribution is 2.19. The smallest absolute Gasteiger partial charge is 0.378 e. The average Bonchev–Trinajstić information content (AvgIpc) is 2.88. The lowest BCUT2D eigenvalue weighted by molar-refractivity contribution is -0.388. The van der Waals surface area contributed by atoms with Crippen LogP contribution in [0.5, 0.6) is 0 Å². The predicted octanol–water partition coefficient (Wildman–Crippen LogP) is 1.69. The van der Waals surface area contributed by atoms with Gasteiger partial charge in [0.15, 0.2) is 0 Å². The van der Waals surface area contributed by atoms with E-state index in [2.05, 4.69) is 15.4 Å². The molecule has 7 nitrogen and oxygen atoms in total. The minimum Gasteiger partial charge on any atom is -0.378 e. The molecule has 0 aliphatic rings. The number of hydrogen-bond donors (Lipinski definition) is 1. The van der Waals surface area contributed by atoms with Crippen LogP contribution < -0.4 is 5.32 Å². The number of nitrogens with zero attached hydrogens (tertiary/aromatic N) is 4. The Morgan fingerprint density at radius 1 is 1.39 bits per heavy atom. The first-order chi connectivity index (χ1) is 8.77. The molecule has 0 aliphatic heterocycles. The Labute approximate surface area is 104 Å². The lowest BCUT2D eigenvalue weighted by atomic mass is 10.3. The highest BCUT2D eigenvalue weighted by molar-refractivity contribution is 5.56. The summed E-state index contributed by atoms with van der Waals surface area (Å²) in [5.41, 5.74) is 0.447. The number of aromatic nitrogens is 3. The van der Waals surface area contributed by atoms with Crippen molar-refractivity contribution in [3.63, 3.8) is 0 Å². The minimum atomic E-state index is -0.490. The van der Waals surface area contributed by atoms with Gasteiger partial charge >= 0.3 is 5.82 Å². The zero-order valence-corrected chi connectivity index (χ0v) is 9.69. The monoisotopic (exact) mass is 247 g/mol. The molecular formula is C11H13N5O2. The van der Waals surface area contributed by atoms with Gasteiger partial charge < -0.3 is 15.4 Å². The van der Waals surface area contributed by atoms with Crippen molar-refractivity contribution in [2.75, 3.05) is 11.9 Å². The molecule has 2 rings (SSSR count). The summed E-state index contributed by atoms with van der Waals surface area (Å²) in [6.45, 7) is 1.40. The van der Waals surface area contributed by atoms with Gasteiger partial charge in [-0.2, -0.15) is 5.10 Å². The van der Waals surface area contributed by atoms with Crippen LogP contribution in [0.1, 0.15) is 6.42 Å². The van der Waals surface area contributed by atoms with E-state index in [0.29, 0.717) is 12.2 Å². The maximum atomic E-state index is 10.7. The Morgan fingerprint density at radius 3 is 3.00 bits per heavy atom. The number of nitrogens with one attached hydrogen (secondary N) is 1. The van der Waals surface area contributed by atoms with Crippen LogP contribution in [0.15, 0.2) is 36.8 Å². The zero-order chi connectivity index (χ0) is 12.8. The van der Waals surface area contributed by atoms with E-state index in [1.165, 1.54) is 6.20 Å². The number of rotatable bonds is 6. The molecule has 2 aromatic heterocycles. The van der Waals surface area contributed by atoms with Gasteiger partial charge in [-0.05, 0) is 34.5 Å². The molecule has 2 heterocycles. The fraction of sp³-hybridized carbons (Fsp3) is 0.273.